The molecule has 3 aromatic heterocycles. The molecule has 222 valence electrons. The van der Waals surface area contributed by atoms with Gasteiger partial charge >= 0.3 is 0 Å². The van der Waals surface area contributed by atoms with Gasteiger partial charge in [0, 0.05) is 48.1 Å². The summed E-state index contributed by atoms with van der Waals surface area (Å²) in [5.74, 6) is 1.33. The summed E-state index contributed by atoms with van der Waals surface area (Å²) in [6, 6.07) is 11.5. The molecule has 2 aliphatic rings. The number of nitrogens with one attached hydrogen (secondary N) is 1. The fourth-order valence-electron chi connectivity index (χ4n) is 6.46. The molecule has 1 aromatic carbocycles. The Labute approximate surface area is 255 Å². The SMILES string of the molecule is CC(=O)c1c(C)c2cnc(Nc3ccc(N4CCC(C(=O)c5ccc(CCl)cc5)CC4)cn3)nc2n(C2CCCC2)c1=O. The zero-order chi connectivity index (χ0) is 30.1. The van der Waals surface area contributed by atoms with Crippen LogP contribution in [0.3, 0.4) is 0 Å². The van der Waals surface area contributed by atoms with Gasteiger partial charge in [-0.1, -0.05) is 37.1 Å². The van der Waals surface area contributed by atoms with Crippen LogP contribution in [0.5, 0.6) is 0 Å². The van der Waals surface area contributed by atoms with E-state index >= 15 is 0 Å². The molecule has 0 atom stereocenters. The molecule has 4 heterocycles. The molecular formula is C33H35ClN6O3. The Morgan fingerprint density at radius 3 is 2.33 bits per heavy atom. The monoisotopic (exact) mass is 598 g/mol. The van der Waals surface area contributed by atoms with Crippen molar-refractivity contribution in [2.24, 2.45) is 5.92 Å². The predicted octanol–water partition coefficient (Wildman–Crippen LogP) is 6.39. The normalized spacial score (nSPS) is 16.1. The second-order valence-corrected chi connectivity index (χ2v) is 11.9. The molecule has 6 rings (SSSR count). The number of benzene rings is 1. The molecule has 0 amide bonds. The lowest BCUT2D eigenvalue weighted by Crippen LogP contribution is -2.36. The van der Waals surface area contributed by atoms with Crippen LogP contribution in [0.15, 0.2) is 53.6 Å². The number of anilines is 3. The molecule has 0 radical (unpaired) electrons. The molecule has 9 nitrogen and oxygen atoms in total. The van der Waals surface area contributed by atoms with Gasteiger partial charge in [-0.15, -0.1) is 11.6 Å². The van der Waals surface area contributed by atoms with Crippen LogP contribution in [0.4, 0.5) is 17.5 Å². The third kappa shape index (κ3) is 5.78. The topological polar surface area (TPSA) is 110 Å². The third-order valence-electron chi connectivity index (χ3n) is 8.86. The van der Waals surface area contributed by atoms with Gasteiger partial charge in [-0.3, -0.25) is 19.0 Å². The molecule has 1 saturated heterocycles. The summed E-state index contributed by atoms with van der Waals surface area (Å²) in [6.07, 6.45) is 8.94. The van der Waals surface area contributed by atoms with Gasteiger partial charge in [-0.2, -0.15) is 4.98 Å². The molecule has 43 heavy (non-hydrogen) atoms. The van der Waals surface area contributed by atoms with Crippen molar-refractivity contribution in [3.63, 3.8) is 0 Å². The number of piperidine rings is 1. The summed E-state index contributed by atoms with van der Waals surface area (Å²) in [6.45, 7) is 4.77. The minimum absolute atomic E-state index is 0.00819. The fourth-order valence-corrected chi connectivity index (χ4v) is 6.64. The first kappa shape index (κ1) is 29.0. The van der Waals surface area contributed by atoms with Crippen LogP contribution in [0.25, 0.3) is 11.0 Å². The van der Waals surface area contributed by atoms with Crippen LogP contribution in [0.1, 0.15) is 83.3 Å². The summed E-state index contributed by atoms with van der Waals surface area (Å²) in [4.78, 5) is 54.9. The molecule has 0 bridgehead atoms. The van der Waals surface area contributed by atoms with Crippen molar-refractivity contribution in [2.45, 2.75) is 64.3 Å². The number of fused-ring (bicyclic) bond motifs is 1. The maximum absolute atomic E-state index is 13.5. The van der Waals surface area contributed by atoms with Gasteiger partial charge in [-0.25, -0.2) is 9.97 Å². The van der Waals surface area contributed by atoms with Crippen molar-refractivity contribution in [3.8, 4) is 0 Å². The van der Waals surface area contributed by atoms with Gasteiger partial charge in [0.25, 0.3) is 5.56 Å². The van der Waals surface area contributed by atoms with Crippen LogP contribution >= 0.6 is 11.6 Å². The number of aromatic nitrogens is 4. The standard InChI is InChI=1S/C33H35ClN6O3/c1-20-27-19-36-33(38-31(27)40(25-5-3-4-6-25)32(43)29(20)21(2)41)37-28-12-11-26(18-35-28)39-15-13-24(14-16-39)30(42)23-9-7-22(17-34)8-10-23/h7-12,18-19,24-25H,3-6,13-17H2,1-2H3,(H,35,36,37,38). The highest BCUT2D eigenvalue weighted by Gasteiger charge is 2.27. The maximum Gasteiger partial charge on any atom is 0.263 e. The Kier molecular flexibility index (Phi) is 8.25. The summed E-state index contributed by atoms with van der Waals surface area (Å²) in [7, 11) is 0. The summed E-state index contributed by atoms with van der Waals surface area (Å²) >= 11 is 5.88. The van der Waals surface area contributed by atoms with E-state index < -0.39 is 0 Å². The summed E-state index contributed by atoms with van der Waals surface area (Å²) in [5.41, 5.74) is 3.85. The maximum atomic E-state index is 13.5. The van der Waals surface area contributed by atoms with Gasteiger partial charge in [-0.05, 0) is 62.8 Å². The van der Waals surface area contributed by atoms with Crippen LogP contribution in [0, 0.1) is 12.8 Å². The van der Waals surface area contributed by atoms with Crippen LogP contribution in [0.2, 0.25) is 0 Å². The minimum Gasteiger partial charge on any atom is -0.370 e. The lowest BCUT2D eigenvalue weighted by atomic mass is 9.88. The molecule has 10 heteroatoms. The molecule has 0 spiro atoms. The number of hydrogen-bond acceptors (Lipinski definition) is 8. The van der Waals surface area contributed by atoms with E-state index in [2.05, 4.69) is 20.2 Å². The van der Waals surface area contributed by atoms with Crippen molar-refractivity contribution < 1.29 is 9.59 Å². The quantitative estimate of drug-likeness (QED) is 0.183. The Morgan fingerprint density at radius 1 is 0.977 bits per heavy atom. The molecule has 4 aromatic rings. The number of carbonyl (C=O) groups excluding carboxylic acids is 2. The number of Topliss-reactive ketones (excluding diaryl/α,β-unsaturated/α-hetero) is 2. The Bertz CT molecular complexity index is 1720. The highest BCUT2D eigenvalue weighted by molar-refractivity contribution is 6.17. The van der Waals surface area contributed by atoms with E-state index in [-0.39, 0.29) is 34.6 Å². The van der Waals surface area contributed by atoms with E-state index in [0.717, 1.165) is 68.4 Å². The molecular weight excluding hydrogens is 564 g/mol. The molecule has 0 unspecified atom stereocenters. The van der Waals surface area contributed by atoms with Crippen LogP contribution in [-0.4, -0.2) is 44.2 Å². The highest BCUT2D eigenvalue weighted by Crippen LogP contribution is 2.32. The van der Waals surface area contributed by atoms with E-state index in [1.165, 1.54) is 6.92 Å². The number of hydrogen-bond donors (Lipinski definition) is 1. The third-order valence-corrected chi connectivity index (χ3v) is 9.17. The number of pyridine rings is 2. The number of ketones is 2. The van der Waals surface area contributed by atoms with E-state index in [9.17, 15) is 14.4 Å². The first-order valence-electron chi connectivity index (χ1n) is 14.9. The van der Waals surface area contributed by atoms with Crippen molar-refractivity contribution in [1.29, 1.82) is 0 Å². The van der Waals surface area contributed by atoms with Gasteiger partial charge in [0.15, 0.2) is 11.6 Å². The lowest BCUT2D eigenvalue weighted by Gasteiger charge is -2.32. The van der Waals surface area contributed by atoms with Crippen molar-refractivity contribution in [3.05, 3.63) is 81.4 Å². The van der Waals surface area contributed by atoms with Crippen LogP contribution < -0.4 is 15.8 Å². The van der Waals surface area contributed by atoms with E-state index in [1.54, 1.807) is 17.7 Å². The van der Waals surface area contributed by atoms with Crippen molar-refractivity contribution >= 4 is 51.7 Å². The van der Waals surface area contributed by atoms with E-state index in [4.69, 9.17) is 16.6 Å². The number of rotatable bonds is 8. The number of carbonyl (C=O) groups is 2. The second kappa shape index (κ2) is 12.2. The first-order chi connectivity index (χ1) is 20.8. The van der Waals surface area contributed by atoms with Gasteiger partial charge in [0.1, 0.15) is 11.5 Å². The first-order valence-corrected chi connectivity index (χ1v) is 15.5. The summed E-state index contributed by atoms with van der Waals surface area (Å²) in [5, 5.41) is 3.89. The summed E-state index contributed by atoms with van der Waals surface area (Å²) < 4.78 is 1.71. The molecule has 1 N–H and O–H groups in total. The second-order valence-electron chi connectivity index (χ2n) is 11.6. The lowest BCUT2D eigenvalue weighted by molar-refractivity contribution is 0.0900. The molecule has 1 saturated carbocycles. The zero-order valence-electron chi connectivity index (χ0n) is 24.5. The minimum atomic E-state index is -0.272. The fraction of sp³-hybridized carbons (Fsp3) is 0.394. The smallest absolute Gasteiger partial charge is 0.263 e. The predicted molar refractivity (Wildman–Crippen MR) is 169 cm³/mol. The van der Waals surface area contributed by atoms with Gasteiger partial charge in [0.05, 0.1) is 17.4 Å². The Morgan fingerprint density at radius 2 is 1.70 bits per heavy atom. The van der Waals surface area contributed by atoms with E-state index in [1.807, 2.05) is 42.6 Å². The van der Waals surface area contributed by atoms with Crippen molar-refractivity contribution in [1.82, 2.24) is 19.5 Å². The average molecular weight is 599 g/mol. The number of halogens is 1. The Balaban J connectivity index is 1.16. The molecule has 1 aliphatic heterocycles. The van der Waals surface area contributed by atoms with Crippen molar-refractivity contribution in [2.75, 3.05) is 23.3 Å². The van der Waals surface area contributed by atoms with Gasteiger partial charge < -0.3 is 10.2 Å². The molecule has 1 aliphatic carbocycles. The van der Waals surface area contributed by atoms with Crippen LogP contribution in [-0.2, 0) is 5.88 Å². The largest absolute Gasteiger partial charge is 0.370 e. The Hall–Kier alpha value is -4.11. The number of aryl methyl sites for hydroxylation is 1. The van der Waals surface area contributed by atoms with E-state index in [0.29, 0.717) is 34.2 Å². The van der Waals surface area contributed by atoms with Gasteiger partial charge in [0.2, 0.25) is 5.95 Å². The zero-order valence-corrected chi connectivity index (χ0v) is 25.2. The highest BCUT2D eigenvalue weighted by atomic mass is 35.5. The number of alkyl halides is 1. The number of nitrogens with zero attached hydrogens (tertiary/aromatic N) is 5. The molecule has 2 fully saturated rings. The average Bonchev–Trinajstić information content (AvgIpc) is 3.56.